The third-order valence-electron chi connectivity index (χ3n) is 3.03. The fourth-order valence-corrected chi connectivity index (χ4v) is 1.98. The lowest BCUT2D eigenvalue weighted by atomic mass is 9.97. The summed E-state index contributed by atoms with van der Waals surface area (Å²) in [6, 6.07) is 15.5. The highest BCUT2D eigenvalue weighted by molar-refractivity contribution is 5.77. The van der Waals surface area contributed by atoms with Gasteiger partial charge in [0, 0.05) is 12.1 Å². The Hall–Kier alpha value is -2.16. The molecule has 0 saturated carbocycles. The van der Waals surface area contributed by atoms with E-state index in [1.54, 1.807) is 0 Å². The molecule has 0 radical (unpaired) electrons. The summed E-state index contributed by atoms with van der Waals surface area (Å²) in [6.07, 6.45) is 4.48. The molecule has 3 heteroatoms. The molecule has 1 aromatic carbocycles. The standard InChI is InChI=1S/C16H18NO2/c1-2-15(14-9-5-3-6-10-14)16(18)19-13-17-11-7-4-8-12-17/h3-12,15H,2,13H2,1H3/q+1/t15-/m1/s1. The first-order valence-electron chi connectivity index (χ1n) is 6.47. The Labute approximate surface area is 113 Å². The summed E-state index contributed by atoms with van der Waals surface area (Å²) in [7, 11) is 0. The highest BCUT2D eigenvalue weighted by Crippen LogP contribution is 2.20. The van der Waals surface area contributed by atoms with Gasteiger partial charge in [-0.1, -0.05) is 43.3 Å². The topological polar surface area (TPSA) is 30.2 Å². The minimum absolute atomic E-state index is 0.176. The minimum atomic E-state index is -0.189. The molecule has 0 bridgehead atoms. The van der Waals surface area contributed by atoms with Crippen LogP contribution in [0.15, 0.2) is 60.9 Å². The fraction of sp³-hybridized carbons (Fsp3) is 0.250. The Morgan fingerprint density at radius 1 is 1.11 bits per heavy atom. The average Bonchev–Trinajstić information content (AvgIpc) is 2.48. The van der Waals surface area contributed by atoms with Crippen molar-refractivity contribution in [3.8, 4) is 0 Å². The van der Waals surface area contributed by atoms with Crippen LogP contribution in [0.25, 0.3) is 0 Å². The molecule has 0 unspecified atom stereocenters. The summed E-state index contributed by atoms with van der Waals surface area (Å²) >= 11 is 0. The number of pyridine rings is 1. The van der Waals surface area contributed by atoms with Gasteiger partial charge in [-0.3, -0.25) is 4.79 Å². The summed E-state index contributed by atoms with van der Waals surface area (Å²) in [5.74, 6) is -0.365. The second-order valence-corrected chi connectivity index (χ2v) is 4.35. The van der Waals surface area contributed by atoms with Crippen LogP contribution in [0.1, 0.15) is 24.8 Å². The number of esters is 1. The van der Waals surface area contributed by atoms with Gasteiger partial charge in [-0.2, -0.15) is 4.57 Å². The lowest BCUT2D eigenvalue weighted by Crippen LogP contribution is -2.35. The predicted octanol–water partition coefficient (Wildman–Crippen LogP) is 2.67. The minimum Gasteiger partial charge on any atom is -0.404 e. The van der Waals surface area contributed by atoms with Gasteiger partial charge < -0.3 is 4.74 Å². The smallest absolute Gasteiger partial charge is 0.318 e. The van der Waals surface area contributed by atoms with E-state index in [0.29, 0.717) is 0 Å². The van der Waals surface area contributed by atoms with E-state index in [1.165, 1.54) is 0 Å². The lowest BCUT2D eigenvalue weighted by Gasteiger charge is -2.12. The molecule has 1 aromatic heterocycles. The first-order valence-corrected chi connectivity index (χ1v) is 6.47. The molecular weight excluding hydrogens is 238 g/mol. The summed E-state index contributed by atoms with van der Waals surface area (Å²) in [6.45, 7) is 2.25. The average molecular weight is 256 g/mol. The second kappa shape index (κ2) is 6.69. The van der Waals surface area contributed by atoms with Gasteiger partial charge in [0.05, 0.1) is 5.92 Å². The van der Waals surface area contributed by atoms with E-state index in [-0.39, 0.29) is 18.6 Å². The van der Waals surface area contributed by atoms with Crippen molar-refractivity contribution in [2.45, 2.75) is 26.0 Å². The van der Waals surface area contributed by atoms with Gasteiger partial charge in [-0.15, -0.1) is 0 Å². The van der Waals surface area contributed by atoms with Crippen LogP contribution in [0.4, 0.5) is 0 Å². The van der Waals surface area contributed by atoms with E-state index in [4.69, 9.17) is 4.74 Å². The number of aromatic nitrogens is 1. The monoisotopic (exact) mass is 256 g/mol. The van der Waals surface area contributed by atoms with Crippen LogP contribution in [0.2, 0.25) is 0 Å². The molecule has 2 aromatic rings. The number of hydrogen-bond acceptors (Lipinski definition) is 2. The Morgan fingerprint density at radius 3 is 2.37 bits per heavy atom. The number of hydrogen-bond donors (Lipinski definition) is 0. The summed E-state index contributed by atoms with van der Waals surface area (Å²) in [5.41, 5.74) is 1.01. The van der Waals surface area contributed by atoms with E-state index in [1.807, 2.05) is 72.4 Å². The van der Waals surface area contributed by atoms with E-state index in [0.717, 1.165) is 12.0 Å². The van der Waals surface area contributed by atoms with Crippen LogP contribution in [0, 0.1) is 0 Å². The van der Waals surface area contributed by atoms with Crippen molar-refractivity contribution in [3.05, 3.63) is 66.5 Å². The predicted molar refractivity (Wildman–Crippen MR) is 72.2 cm³/mol. The maximum Gasteiger partial charge on any atom is 0.318 e. The van der Waals surface area contributed by atoms with Gasteiger partial charge in [0.2, 0.25) is 0 Å². The summed E-state index contributed by atoms with van der Waals surface area (Å²) < 4.78 is 7.19. The van der Waals surface area contributed by atoms with Crippen molar-refractivity contribution in [2.24, 2.45) is 0 Å². The molecule has 98 valence electrons. The highest BCUT2D eigenvalue weighted by atomic mass is 16.5. The number of nitrogens with zero attached hydrogens (tertiary/aromatic N) is 1. The van der Waals surface area contributed by atoms with Gasteiger partial charge in [0.15, 0.2) is 12.4 Å². The molecule has 3 nitrogen and oxygen atoms in total. The fourth-order valence-electron chi connectivity index (χ4n) is 1.98. The highest BCUT2D eigenvalue weighted by Gasteiger charge is 2.20. The SMILES string of the molecule is CC[C@@H](C(=O)OC[n+]1ccccc1)c1ccccc1. The third kappa shape index (κ3) is 3.65. The zero-order valence-electron chi connectivity index (χ0n) is 11.0. The first-order chi connectivity index (χ1) is 9.31. The Balaban J connectivity index is 1.98. The molecule has 0 aliphatic heterocycles. The van der Waals surface area contributed by atoms with Gasteiger partial charge in [0.1, 0.15) is 0 Å². The van der Waals surface area contributed by atoms with Crippen LogP contribution < -0.4 is 4.57 Å². The number of carbonyl (C=O) groups is 1. The molecule has 0 aliphatic carbocycles. The maximum absolute atomic E-state index is 12.1. The van der Waals surface area contributed by atoms with Gasteiger partial charge in [-0.05, 0) is 12.0 Å². The molecule has 0 N–H and O–H groups in total. The van der Waals surface area contributed by atoms with Crippen LogP contribution >= 0.6 is 0 Å². The molecule has 0 amide bonds. The van der Waals surface area contributed by atoms with Crippen LogP contribution in [0.3, 0.4) is 0 Å². The quantitative estimate of drug-likeness (QED) is 0.608. The van der Waals surface area contributed by atoms with Crippen LogP contribution in [-0.2, 0) is 16.3 Å². The maximum atomic E-state index is 12.1. The Morgan fingerprint density at radius 2 is 1.74 bits per heavy atom. The van der Waals surface area contributed by atoms with Crippen molar-refractivity contribution in [1.29, 1.82) is 0 Å². The van der Waals surface area contributed by atoms with E-state index in [2.05, 4.69) is 0 Å². The molecule has 2 rings (SSSR count). The van der Waals surface area contributed by atoms with Crippen LogP contribution in [0.5, 0.6) is 0 Å². The zero-order valence-corrected chi connectivity index (χ0v) is 11.0. The Kier molecular flexibility index (Phi) is 4.67. The lowest BCUT2D eigenvalue weighted by molar-refractivity contribution is -0.727. The van der Waals surface area contributed by atoms with E-state index in [9.17, 15) is 4.79 Å². The van der Waals surface area contributed by atoms with Crippen molar-refractivity contribution >= 4 is 5.97 Å². The van der Waals surface area contributed by atoms with Crippen LogP contribution in [-0.4, -0.2) is 5.97 Å². The molecular formula is C16H18NO2+. The summed E-state index contributed by atoms with van der Waals surface area (Å²) in [5, 5.41) is 0. The zero-order chi connectivity index (χ0) is 13.5. The molecule has 19 heavy (non-hydrogen) atoms. The number of rotatable bonds is 5. The number of ether oxygens (including phenoxy) is 1. The second-order valence-electron chi connectivity index (χ2n) is 4.35. The van der Waals surface area contributed by atoms with Crippen molar-refractivity contribution < 1.29 is 14.1 Å². The molecule has 1 atom stereocenters. The third-order valence-corrected chi connectivity index (χ3v) is 3.03. The number of carbonyl (C=O) groups excluding carboxylic acids is 1. The number of benzene rings is 1. The van der Waals surface area contributed by atoms with Crippen molar-refractivity contribution in [2.75, 3.05) is 0 Å². The first kappa shape index (κ1) is 13.3. The normalized spacial score (nSPS) is 11.8. The van der Waals surface area contributed by atoms with Gasteiger partial charge >= 0.3 is 5.97 Å². The summed E-state index contributed by atoms with van der Waals surface area (Å²) in [4.78, 5) is 12.1. The van der Waals surface area contributed by atoms with Gasteiger partial charge in [-0.25, -0.2) is 0 Å². The van der Waals surface area contributed by atoms with E-state index < -0.39 is 0 Å². The molecule has 0 saturated heterocycles. The largest absolute Gasteiger partial charge is 0.404 e. The van der Waals surface area contributed by atoms with Crippen molar-refractivity contribution in [1.82, 2.24) is 0 Å². The van der Waals surface area contributed by atoms with Crippen molar-refractivity contribution in [3.63, 3.8) is 0 Å². The molecule has 0 aliphatic rings. The molecule has 0 fully saturated rings. The molecule has 0 spiro atoms. The Bertz CT molecular complexity index is 511. The van der Waals surface area contributed by atoms with Gasteiger partial charge in [0.25, 0.3) is 6.73 Å². The van der Waals surface area contributed by atoms with E-state index >= 15 is 0 Å². The molecule has 1 heterocycles.